The van der Waals surface area contributed by atoms with E-state index in [4.69, 9.17) is 0 Å². The molecule has 0 saturated heterocycles. The molecule has 3 amide bonds. The molecule has 0 atom stereocenters. The van der Waals surface area contributed by atoms with Gasteiger partial charge in [-0.25, -0.2) is 0 Å². The average molecular weight is 459 g/mol. The molecule has 7 nitrogen and oxygen atoms in total. The Morgan fingerprint density at radius 2 is 1.38 bits per heavy atom. The molecule has 34 heavy (non-hydrogen) atoms. The third kappa shape index (κ3) is 6.68. The minimum absolute atomic E-state index is 0.0691. The molecule has 0 aliphatic carbocycles. The summed E-state index contributed by atoms with van der Waals surface area (Å²) in [5.74, 6) is -0.428. The van der Waals surface area contributed by atoms with Crippen molar-refractivity contribution in [2.24, 2.45) is 0 Å². The normalized spacial score (nSPS) is 10.3. The second-order valence-electron chi connectivity index (χ2n) is 7.70. The molecule has 3 aromatic rings. The predicted molar refractivity (Wildman–Crippen MR) is 136 cm³/mol. The molecule has 0 fully saturated rings. The number of rotatable bonds is 10. The van der Waals surface area contributed by atoms with Crippen LogP contribution in [-0.2, 0) is 4.79 Å². The molecule has 3 aromatic carbocycles. The molecule has 0 unspecified atom stereocenters. The maximum absolute atomic E-state index is 12.9. The van der Waals surface area contributed by atoms with Crippen molar-refractivity contribution >= 4 is 34.8 Å². The van der Waals surface area contributed by atoms with Crippen molar-refractivity contribution in [3.63, 3.8) is 0 Å². The Morgan fingerprint density at radius 1 is 0.765 bits per heavy atom. The highest BCUT2D eigenvalue weighted by atomic mass is 16.2. The zero-order valence-corrected chi connectivity index (χ0v) is 19.5. The van der Waals surface area contributed by atoms with Gasteiger partial charge in [0, 0.05) is 41.3 Å². The highest BCUT2D eigenvalue weighted by Gasteiger charge is 2.16. The minimum atomic E-state index is -0.219. The van der Waals surface area contributed by atoms with Gasteiger partial charge in [-0.15, -0.1) is 0 Å². The maximum Gasteiger partial charge on any atom is 0.258 e. The molecule has 3 N–H and O–H groups in total. The molecule has 0 spiro atoms. The molecular weight excluding hydrogens is 428 g/mol. The van der Waals surface area contributed by atoms with Crippen LogP contribution in [0.5, 0.6) is 0 Å². The van der Waals surface area contributed by atoms with E-state index in [1.54, 1.807) is 53.4 Å². The molecular formula is C27H30N4O3. The number of para-hydroxylation sites is 1. The summed E-state index contributed by atoms with van der Waals surface area (Å²) in [6.45, 7) is 5.19. The quantitative estimate of drug-likeness (QED) is 0.416. The summed E-state index contributed by atoms with van der Waals surface area (Å²) in [5, 5.41) is 8.68. The van der Waals surface area contributed by atoms with Crippen LogP contribution >= 0.6 is 0 Å². The number of carbonyl (C=O) groups excluding carboxylic acids is 3. The maximum atomic E-state index is 12.9. The Hall–Kier alpha value is -4.13. The van der Waals surface area contributed by atoms with Gasteiger partial charge in [-0.2, -0.15) is 0 Å². The van der Waals surface area contributed by atoms with Crippen molar-refractivity contribution in [2.45, 2.75) is 20.3 Å². The van der Waals surface area contributed by atoms with E-state index >= 15 is 0 Å². The van der Waals surface area contributed by atoms with Gasteiger partial charge in [-0.3, -0.25) is 14.4 Å². The number of nitrogens with one attached hydrogen (secondary N) is 3. The second-order valence-corrected chi connectivity index (χ2v) is 7.70. The van der Waals surface area contributed by atoms with Crippen molar-refractivity contribution < 1.29 is 14.4 Å². The van der Waals surface area contributed by atoms with Gasteiger partial charge >= 0.3 is 0 Å². The zero-order chi connectivity index (χ0) is 24.3. The van der Waals surface area contributed by atoms with Crippen LogP contribution in [0, 0.1) is 0 Å². The first-order chi connectivity index (χ1) is 16.5. The highest BCUT2D eigenvalue weighted by Crippen LogP contribution is 2.18. The summed E-state index contributed by atoms with van der Waals surface area (Å²) < 4.78 is 0. The fourth-order valence-electron chi connectivity index (χ4n) is 3.37. The summed E-state index contributed by atoms with van der Waals surface area (Å²) in [5.41, 5.74) is 3.31. The second kappa shape index (κ2) is 12.2. The number of nitrogens with zero attached hydrogens (tertiary/aromatic N) is 1. The van der Waals surface area contributed by atoms with Crippen LogP contribution in [0.3, 0.4) is 0 Å². The fraction of sp³-hybridized carbons (Fsp3) is 0.222. The Kier molecular flexibility index (Phi) is 8.80. The number of carbonyl (C=O) groups is 3. The molecule has 0 radical (unpaired) electrons. The fourth-order valence-corrected chi connectivity index (χ4v) is 3.37. The van der Waals surface area contributed by atoms with Crippen LogP contribution < -0.4 is 20.9 Å². The van der Waals surface area contributed by atoms with Crippen LogP contribution in [0.2, 0.25) is 0 Å². The third-order valence-electron chi connectivity index (χ3n) is 5.18. The number of hydrogen-bond donors (Lipinski definition) is 3. The SMILES string of the molecule is CCCNC(=O)c1ccc(NCC(=O)Nc2ccc(C(=O)N(CC)c3ccccc3)cc2)cc1. The summed E-state index contributed by atoms with van der Waals surface area (Å²) in [4.78, 5) is 38.9. The molecule has 176 valence electrons. The van der Waals surface area contributed by atoms with Crippen molar-refractivity contribution in [1.82, 2.24) is 5.32 Å². The first kappa shape index (κ1) is 24.5. The van der Waals surface area contributed by atoms with Crippen molar-refractivity contribution in [2.75, 3.05) is 35.2 Å². The van der Waals surface area contributed by atoms with E-state index in [1.165, 1.54) is 0 Å². The van der Waals surface area contributed by atoms with Gasteiger partial charge in [0.25, 0.3) is 11.8 Å². The van der Waals surface area contributed by atoms with Crippen LogP contribution in [0.1, 0.15) is 41.0 Å². The topological polar surface area (TPSA) is 90.5 Å². The number of anilines is 3. The Morgan fingerprint density at radius 3 is 2.00 bits per heavy atom. The highest BCUT2D eigenvalue weighted by molar-refractivity contribution is 6.06. The third-order valence-corrected chi connectivity index (χ3v) is 5.18. The molecule has 0 aliphatic rings. The first-order valence-electron chi connectivity index (χ1n) is 11.4. The van der Waals surface area contributed by atoms with Crippen molar-refractivity contribution in [3.8, 4) is 0 Å². The number of benzene rings is 3. The van der Waals surface area contributed by atoms with E-state index in [1.807, 2.05) is 44.2 Å². The minimum Gasteiger partial charge on any atom is -0.376 e. The van der Waals surface area contributed by atoms with E-state index < -0.39 is 0 Å². The summed E-state index contributed by atoms with van der Waals surface area (Å²) in [6, 6.07) is 23.3. The number of amides is 3. The lowest BCUT2D eigenvalue weighted by Gasteiger charge is -2.21. The van der Waals surface area contributed by atoms with E-state index in [0.717, 1.165) is 17.8 Å². The van der Waals surface area contributed by atoms with Gasteiger partial charge in [0.1, 0.15) is 0 Å². The Labute approximate surface area is 200 Å². The summed E-state index contributed by atoms with van der Waals surface area (Å²) in [6.07, 6.45) is 0.879. The monoisotopic (exact) mass is 458 g/mol. The molecule has 0 saturated carbocycles. The average Bonchev–Trinajstić information content (AvgIpc) is 2.88. The molecule has 0 bridgehead atoms. The predicted octanol–water partition coefficient (Wildman–Crippen LogP) is 4.54. The molecule has 3 rings (SSSR count). The lowest BCUT2D eigenvalue weighted by molar-refractivity contribution is -0.114. The lowest BCUT2D eigenvalue weighted by atomic mass is 10.1. The summed E-state index contributed by atoms with van der Waals surface area (Å²) in [7, 11) is 0. The Balaban J connectivity index is 1.52. The van der Waals surface area contributed by atoms with E-state index in [9.17, 15) is 14.4 Å². The summed E-state index contributed by atoms with van der Waals surface area (Å²) >= 11 is 0. The van der Waals surface area contributed by atoms with E-state index in [0.29, 0.717) is 29.9 Å². The van der Waals surface area contributed by atoms with Crippen LogP contribution in [0.4, 0.5) is 17.1 Å². The number of hydrogen-bond acceptors (Lipinski definition) is 4. The van der Waals surface area contributed by atoms with Crippen LogP contribution in [0.15, 0.2) is 78.9 Å². The molecule has 0 heterocycles. The molecule has 0 aromatic heterocycles. The van der Waals surface area contributed by atoms with E-state index in [2.05, 4.69) is 16.0 Å². The largest absolute Gasteiger partial charge is 0.376 e. The Bertz CT molecular complexity index is 1100. The molecule has 7 heteroatoms. The van der Waals surface area contributed by atoms with Crippen LogP contribution in [-0.4, -0.2) is 37.4 Å². The molecule has 0 aliphatic heterocycles. The lowest BCUT2D eigenvalue weighted by Crippen LogP contribution is -2.30. The first-order valence-corrected chi connectivity index (χ1v) is 11.4. The van der Waals surface area contributed by atoms with Gasteiger partial charge in [0.05, 0.1) is 6.54 Å². The van der Waals surface area contributed by atoms with Gasteiger partial charge in [-0.1, -0.05) is 25.1 Å². The smallest absolute Gasteiger partial charge is 0.258 e. The van der Waals surface area contributed by atoms with Gasteiger partial charge in [0.15, 0.2) is 0 Å². The van der Waals surface area contributed by atoms with Crippen LogP contribution in [0.25, 0.3) is 0 Å². The standard InChI is InChI=1S/C27H30N4O3/c1-3-18-28-26(33)20-10-14-22(15-11-20)29-19-25(32)30-23-16-12-21(13-17-23)27(34)31(4-2)24-8-6-5-7-9-24/h5-17,29H,3-4,18-19H2,1-2H3,(H,28,33)(H,30,32). The van der Waals surface area contributed by atoms with Gasteiger partial charge in [0.2, 0.25) is 5.91 Å². The van der Waals surface area contributed by atoms with Crippen molar-refractivity contribution in [3.05, 3.63) is 90.0 Å². The van der Waals surface area contributed by atoms with Crippen molar-refractivity contribution in [1.29, 1.82) is 0 Å². The van der Waals surface area contributed by atoms with Gasteiger partial charge < -0.3 is 20.9 Å². The van der Waals surface area contributed by atoms with Gasteiger partial charge in [-0.05, 0) is 74.0 Å². The zero-order valence-electron chi connectivity index (χ0n) is 19.5. The van der Waals surface area contributed by atoms with E-state index in [-0.39, 0.29) is 24.3 Å².